The summed E-state index contributed by atoms with van der Waals surface area (Å²) in [6.45, 7) is 0. The highest BCUT2D eigenvalue weighted by atomic mass is 80.0. The van der Waals surface area contributed by atoms with Crippen LogP contribution in [0.15, 0.2) is 30.3 Å². The number of hydrogen-bond donors (Lipinski definition) is 0. The molecule has 1 aromatic rings. The van der Waals surface area contributed by atoms with Crippen LogP contribution in [0.1, 0.15) is 10.4 Å². The van der Waals surface area contributed by atoms with E-state index in [0.717, 1.165) is 0 Å². The molecule has 0 aliphatic heterocycles. The van der Waals surface area contributed by atoms with E-state index in [1.807, 2.05) is 30.3 Å². The lowest BCUT2D eigenvalue weighted by Crippen LogP contribution is -2.36. The van der Waals surface area contributed by atoms with Gasteiger partial charge >= 0.3 is 0 Å². The van der Waals surface area contributed by atoms with Gasteiger partial charge in [-0.25, -0.2) is 0 Å². The van der Waals surface area contributed by atoms with Crippen LogP contribution in [0.2, 0.25) is 0 Å². The molecule has 0 radical (unpaired) electrons. The Morgan fingerprint density at radius 2 is 1.39 bits per heavy atom. The van der Waals surface area contributed by atoms with Crippen LogP contribution in [0.3, 0.4) is 0 Å². The van der Waals surface area contributed by atoms with E-state index in [1.165, 1.54) is 0 Å². The van der Waals surface area contributed by atoms with Gasteiger partial charge in [0.1, 0.15) is 0 Å². The van der Waals surface area contributed by atoms with E-state index in [0.29, 0.717) is 11.3 Å². The molecule has 0 aliphatic carbocycles. The van der Waals surface area contributed by atoms with Crippen LogP contribution in [0.5, 0.6) is 0 Å². The second kappa shape index (κ2) is 7.40. The van der Waals surface area contributed by atoms with Crippen molar-refractivity contribution in [2.24, 2.45) is 0 Å². The van der Waals surface area contributed by atoms with E-state index in [9.17, 15) is 4.79 Å². The Bertz CT molecular complexity index is 397. The van der Waals surface area contributed by atoms with Crippen molar-refractivity contribution < 1.29 is 4.79 Å². The molecule has 0 fully saturated rings. The first-order chi connectivity index (χ1) is 8.12. The average molecular weight is 655 g/mol. The van der Waals surface area contributed by atoms with Crippen LogP contribution >= 0.6 is 95.6 Å². The highest BCUT2D eigenvalue weighted by Crippen LogP contribution is 2.54. The summed E-state index contributed by atoms with van der Waals surface area (Å²) in [5.41, 5.74) is 0.712. The molecule has 0 amide bonds. The van der Waals surface area contributed by atoms with Crippen molar-refractivity contribution in [1.82, 2.24) is 0 Å². The van der Waals surface area contributed by atoms with Crippen molar-refractivity contribution in [2.45, 2.75) is 2.95 Å². The van der Waals surface area contributed by atoms with Gasteiger partial charge in [0.2, 0.25) is 5.78 Å². The number of halogens is 6. The predicted molar refractivity (Wildman–Crippen MR) is 102 cm³/mol. The van der Waals surface area contributed by atoms with E-state index < -0.39 is 13.8 Å². The number of rotatable bonds is 3. The summed E-state index contributed by atoms with van der Waals surface area (Å²) in [6.07, 6.45) is 0. The summed E-state index contributed by atoms with van der Waals surface area (Å²) in [4.78, 5) is 12.2. The maximum Gasteiger partial charge on any atom is 0.291 e. The monoisotopic (exact) mass is 649 g/mol. The van der Waals surface area contributed by atoms with Crippen LogP contribution in [0, 0.1) is 0 Å². The molecule has 0 unspecified atom stereocenters. The number of hydrogen-bond acceptors (Lipinski definition) is 1. The van der Waals surface area contributed by atoms with E-state index in [-0.39, 0.29) is 5.78 Å². The van der Waals surface area contributed by atoms with Gasteiger partial charge in [0.25, 0.3) is 2.95 Å². The maximum absolute atomic E-state index is 12.2. The van der Waals surface area contributed by atoms with Crippen molar-refractivity contribution in [3.8, 4) is 0 Å². The fraction of sp³-hybridized carbons (Fsp3) is 0.300. The molecule has 0 saturated heterocycles. The minimum Gasteiger partial charge on any atom is -0.289 e. The smallest absolute Gasteiger partial charge is 0.289 e. The minimum absolute atomic E-state index is 0.0874. The lowest BCUT2D eigenvalue weighted by Gasteiger charge is -2.22. The van der Waals surface area contributed by atoms with Crippen molar-refractivity contribution in [3.63, 3.8) is 0 Å². The number of carbonyl (C=O) groups excluding carboxylic acids is 1. The van der Waals surface area contributed by atoms with E-state index in [2.05, 4.69) is 95.6 Å². The molecule has 0 bridgehead atoms. The van der Waals surface area contributed by atoms with Crippen LogP contribution < -0.4 is 0 Å². The van der Waals surface area contributed by atoms with Gasteiger partial charge in [-0.2, -0.15) is 0 Å². The number of ketones is 1. The zero-order valence-electron chi connectivity index (χ0n) is 8.68. The number of Topliss-reactive ketones (excluding diaryl/α,β-unsaturated/α-hetero) is 1. The SMILES string of the molecule is O=C(C[S+](C(Br)(Br)Br)C(Br)(Br)Br)c1ccccc1. The summed E-state index contributed by atoms with van der Waals surface area (Å²) in [6, 6.07) is 9.25. The first kappa shape index (κ1) is 18.2. The maximum atomic E-state index is 12.2. The fourth-order valence-electron chi connectivity index (χ4n) is 1.13. The zero-order valence-corrected chi connectivity index (χ0v) is 19.0. The minimum atomic E-state index is -0.534. The Morgan fingerprint density at radius 1 is 0.944 bits per heavy atom. The Labute approximate surface area is 159 Å². The highest BCUT2D eigenvalue weighted by Gasteiger charge is 2.54. The summed E-state index contributed by atoms with van der Waals surface area (Å²) in [7, 11) is -0.439. The van der Waals surface area contributed by atoms with E-state index in [4.69, 9.17) is 0 Å². The van der Waals surface area contributed by atoms with Gasteiger partial charge in [0, 0.05) is 101 Å². The standard InChI is InChI=1S/C10H7Br6OS/c11-9(12,13)18(10(14,15)16)6-8(17)7-4-2-1-3-5-7/h1-5H,6H2/q+1. The van der Waals surface area contributed by atoms with Gasteiger partial charge in [-0.3, -0.25) is 4.79 Å². The van der Waals surface area contributed by atoms with Crippen LogP contribution in [0.25, 0.3) is 0 Å². The molecular weight excluding hydrogens is 648 g/mol. The molecule has 0 heterocycles. The third-order valence-electron chi connectivity index (χ3n) is 1.93. The Balaban J connectivity index is 2.90. The van der Waals surface area contributed by atoms with Crippen molar-refractivity contribution in [3.05, 3.63) is 35.9 Å². The van der Waals surface area contributed by atoms with Crippen LogP contribution in [-0.2, 0) is 10.9 Å². The molecule has 0 saturated carbocycles. The molecule has 0 aromatic heterocycles. The molecule has 1 rings (SSSR count). The van der Waals surface area contributed by atoms with Gasteiger partial charge in [-0.1, -0.05) is 30.3 Å². The Kier molecular flexibility index (Phi) is 7.47. The topological polar surface area (TPSA) is 17.1 Å². The normalized spacial score (nSPS) is 12.8. The lowest BCUT2D eigenvalue weighted by atomic mass is 10.2. The van der Waals surface area contributed by atoms with Gasteiger partial charge in [0.15, 0.2) is 5.75 Å². The van der Waals surface area contributed by atoms with E-state index >= 15 is 0 Å². The number of alkyl halides is 6. The van der Waals surface area contributed by atoms with Crippen LogP contribution in [0.4, 0.5) is 0 Å². The summed E-state index contributed by atoms with van der Waals surface area (Å²) in [5.74, 6) is 0.456. The number of carbonyl (C=O) groups is 1. The molecule has 8 heteroatoms. The molecule has 0 N–H and O–H groups in total. The van der Waals surface area contributed by atoms with Crippen molar-refractivity contribution in [1.29, 1.82) is 0 Å². The third-order valence-corrected chi connectivity index (χ3v) is 10.6. The Hall–Kier alpha value is 2.12. The lowest BCUT2D eigenvalue weighted by molar-refractivity contribution is 0.102. The summed E-state index contributed by atoms with van der Waals surface area (Å²) >= 11 is 20.9. The second-order valence-electron chi connectivity index (χ2n) is 3.22. The van der Waals surface area contributed by atoms with Gasteiger partial charge in [-0.05, 0) is 0 Å². The van der Waals surface area contributed by atoms with Gasteiger partial charge in [-0.15, -0.1) is 0 Å². The van der Waals surface area contributed by atoms with Crippen molar-refractivity contribution in [2.75, 3.05) is 5.75 Å². The molecule has 0 atom stereocenters. The molecule has 1 nitrogen and oxygen atoms in total. The van der Waals surface area contributed by atoms with Gasteiger partial charge < -0.3 is 0 Å². The predicted octanol–water partition coefficient (Wildman–Crippen LogP) is 6.08. The fourth-order valence-corrected chi connectivity index (χ4v) is 14.4. The molecule has 0 aliphatic rings. The van der Waals surface area contributed by atoms with Crippen molar-refractivity contribution >= 4 is 112 Å². The molecule has 0 spiro atoms. The first-order valence-corrected chi connectivity index (χ1v) is 10.7. The first-order valence-electron chi connectivity index (χ1n) is 4.55. The average Bonchev–Trinajstić information content (AvgIpc) is 2.23. The van der Waals surface area contributed by atoms with E-state index in [1.54, 1.807) is 0 Å². The zero-order chi connectivity index (χ0) is 14.0. The van der Waals surface area contributed by atoms with Gasteiger partial charge in [0.05, 0.1) is 10.9 Å². The highest BCUT2D eigenvalue weighted by molar-refractivity contribution is 9.46. The quantitative estimate of drug-likeness (QED) is 0.220. The number of benzene rings is 1. The van der Waals surface area contributed by atoms with Crippen LogP contribution in [-0.4, -0.2) is 14.5 Å². The third kappa shape index (κ3) is 5.85. The molecular formula is C10H7Br6OS+. The largest absolute Gasteiger partial charge is 0.291 e. The molecule has 100 valence electrons. The summed E-state index contributed by atoms with van der Waals surface area (Å²) < 4.78 is -1.07. The summed E-state index contributed by atoms with van der Waals surface area (Å²) in [5, 5.41) is 0. The molecule has 18 heavy (non-hydrogen) atoms. The second-order valence-corrected chi connectivity index (χ2v) is 22.2. The Morgan fingerprint density at radius 3 is 1.78 bits per heavy atom. The molecule has 1 aromatic carbocycles.